The van der Waals surface area contributed by atoms with Crippen LogP contribution in [0.2, 0.25) is 0 Å². The number of carboxylic acids is 2. The minimum absolute atomic E-state index is 0.297. The second kappa shape index (κ2) is 8.66. The molecule has 0 heterocycles. The van der Waals surface area contributed by atoms with Crippen molar-refractivity contribution in [2.75, 3.05) is 0 Å². The SMILES string of the molecule is CC(C)(C)OC(=O)C(CCC(N)C(=O)O)C(N)(C(=O)O)C(=O)OC(C)(C)C. The number of nitrogens with two attached hydrogens (primary N) is 2. The highest BCUT2D eigenvalue weighted by molar-refractivity contribution is 6.07. The lowest BCUT2D eigenvalue weighted by atomic mass is 9.80. The van der Waals surface area contributed by atoms with Gasteiger partial charge in [-0.3, -0.25) is 9.59 Å². The van der Waals surface area contributed by atoms with Crippen molar-refractivity contribution in [2.24, 2.45) is 17.4 Å². The van der Waals surface area contributed by atoms with Crippen LogP contribution in [0.3, 0.4) is 0 Å². The molecule has 0 bridgehead atoms. The molecule has 10 heteroatoms. The fourth-order valence-electron chi connectivity index (χ4n) is 2.12. The second-order valence-corrected chi connectivity index (χ2v) is 8.28. The molecule has 156 valence electrons. The summed E-state index contributed by atoms with van der Waals surface area (Å²) in [6, 6.07) is -1.37. The fourth-order valence-corrected chi connectivity index (χ4v) is 2.12. The predicted molar refractivity (Wildman–Crippen MR) is 94.6 cm³/mol. The van der Waals surface area contributed by atoms with Gasteiger partial charge in [0.25, 0.3) is 0 Å². The normalized spacial score (nSPS) is 16.6. The predicted octanol–water partition coefficient (Wildman–Crippen LogP) is 0.260. The van der Waals surface area contributed by atoms with Gasteiger partial charge in [0.1, 0.15) is 17.2 Å². The van der Waals surface area contributed by atoms with Gasteiger partial charge in [-0.1, -0.05) is 0 Å². The fraction of sp³-hybridized carbons (Fsp3) is 0.765. The van der Waals surface area contributed by atoms with E-state index in [9.17, 15) is 24.3 Å². The average molecular weight is 390 g/mol. The highest BCUT2D eigenvalue weighted by Gasteiger charge is 2.56. The Morgan fingerprint density at radius 1 is 0.889 bits per heavy atom. The van der Waals surface area contributed by atoms with Crippen molar-refractivity contribution in [1.29, 1.82) is 0 Å². The van der Waals surface area contributed by atoms with Crippen LogP contribution in [-0.4, -0.2) is 56.9 Å². The van der Waals surface area contributed by atoms with Crippen LogP contribution < -0.4 is 11.5 Å². The first-order valence-electron chi connectivity index (χ1n) is 8.38. The third-order valence-electron chi connectivity index (χ3n) is 3.42. The van der Waals surface area contributed by atoms with Crippen LogP contribution in [-0.2, 0) is 28.7 Å². The molecule has 0 aromatic rings. The molecule has 3 atom stereocenters. The number of carbonyl (C=O) groups excluding carboxylic acids is 2. The zero-order chi connectivity index (χ0) is 21.8. The van der Waals surface area contributed by atoms with Crippen molar-refractivity contribution in [3.63, 3.8) is 0 Å². The molecule has 0 aromatic heterocycles. The maximum absolute atomic E-state index is 12.6. The Hall–Kier alpha value is -2.20. The standard InChI is InChI=1S/C17H30N2O8/c1-15(2,3)26-12(22)9(7-8-10(18)11(20)21)17(19,13(23)24)14(25)27-16(4,5)6/h9-10H,7-8,18-19H2,1-6H3,(H,20,21)(H,23,24). The number of carboxylic acid groups (broad SMARTS) is 2. The molecule has 0 saturated heterocycles. The van der Waals surface area contributed by atoms with Crippen LogP contribution in [0.25, 0.3) is 0 Å². The molecule has 0 spiro atoms. The Morgan fingerprint density at radius 2 is 1.33 bits per heavy atom. The molecule has 0 rings (SSSR count). The molecule has 10 nitrogen and oxygen atoms in total. The Kier molecular flexibility index (Phi) is 7.95. The summed E-state index contributed by atoms with van der Waals surface area (Å²) in [5.41, 5.74) is 6.47. The van der Waals surface area contributed by atoms with E-state index in [1.807, 2.05) is 0 Å². The Labute approximate surface area is 158 Å². The number of carbonyl (C=O) groups is 4. The summed E-state index contributed by atoms with van der Waals surface area (Å²) in [6.07, 6.45) is -0.696. The maximum Gasteiger partial charge on any atom is 0.339 e. The van der Waals surface area contributed by atoms with Gasteiger partial charge in [-0.2, -0.15) is 0 Å². The lowest BCUT2D eigenvalue weighted by molar-refractivity contribution is -0.182. The van der Waals surface area contributed by atoms with Crippen LogP contribution in [0, 0.1) is 5.92 Å². The molecule has 0 aliphatic heterocycles. The Balaban J connectivity index is 5.98. The summed E-state index contributed by atoms with van der Waals surface area (Å²) in [7, 11) is 0. The summed E-state index contributed by atoms with van der Waals surface area (Å²) in [6.45, 7) is 9.19. The van der Waals surface area contributed by atoms with E-state index in [-0.39, 0.29) is 6.42 Å². The van der Waals surface area contributed by atoms with Crippen molar-refractivity contribution in [3.8, 4) is 0 Å². The van der Waals surface area contributed by atoms with E-state index in [2.05, 4.69) is 0 Å². The van der Waals surface area contributed by atoms with Crippen molar-refractivity contribution in [1.82, 2.24) is 0 Å². The highest BCUT2D eigenvalue weighted by Crippen LogP contribution is 2.28. The van der Waals surface area contributed by atoms with Crippen LogP contribution in [0.5, 0.6) is 0 Å². The Morgan fingerprint density at radius 3 is 1.67 bits per heavy atom. The molecule has 0 aromatic carbocycles. The van der Waals surface area contributed by atoms with E-state index in [0.29, 0.717) is 0 Å². The van der Waals surface area contributed by atoms with E-state index < -0.39 is 59.0 Å². The molecule has 0 radical (unpaired) electrons. The highest BCUT2D eigenvalue weighted by atomic mass is 16.6. The van der Waals surface area contributed by atoms with Gasteiger partial charge in [0, 0.05) is 0 Å². The van der Waals surface area contributed by atoms with Gasteiger partial charge < -0.3 is 31.2 Å². The zero-order valence-corrected chi connectivity index (χ0v) is 16.6. The molecule has 0 aliphatic carbocycles. The molecule has 0 fully saturated rings. The summed E-state index contributed by atoms with van der Waals surface area (Å²) < 4.78 is 10.3. The molecule has 6 N–H and O–H groups in total. The molecule has 0 aliphatic rings. The van der Waals surface area contributed by atoms with Gasteiger partial charge in [-0.05, 0) is 54.4 Å². The topological polar surface area (TPSA) is 179 Å². The van der Waals surface area contributed by atoms with E-state index in [1.165, 1.54) is 20.8 Å². The zero-order valence-electron chi connectivity index (χ0n) is 16.6. The van der Waals surface area contributed by atoms with E-state index >= 15 is 0 Å². The first-order chi connectivity index (χ1) is 11.9. The van der Waals surface area contributed by atoms with E-state index in [0.717, 1.165) is 0 Å². The van der Waals surface area contributed by atoms with Crippen molar-refractivity contribution in [3.05, 3.63) is 0 Å². The van der Waals surface area contributed by atoms with Gasteiger partial charge in [-0.25, -0.2) is 9.59 Å². The first-order valence-corrected chi connectivity index (χ1v) is 8.38. The summed E-state index contributed by atoms with van der Waals surface area (Å²) in [4.78, 5) is 47.9. The summed E-state index contributed by atoms with van der Waals surface area (Å²) >= 11 is 0. The lowest BCUT2D eigenvalue weighted by Crippen LogP contribution is -2.64. The monoisotopic (exact) mass is 390 g/mol. The number of ether oxygens (including phenoxy) is 2. The minimum atomic E-state index is -2.77. The number of hydrogen-bond acceptors (Lipinski definition) is 8. The van der Waals surface area contributed by atoms with Gasteiger partial charge in [0.15, 0.2) is 0 Å². The van der Waals surface area contributed by atoms with Gasteiger partial charge in [-0.15, -0.1) is 0 Å². The number of esters is 2. The molecule has 27 heavy (non-hydrogen) atoms. The number of rotatable bonds is 8. The summed E-state index contributed by atoms with van der Waals surface area (Å²) in [5.74, 6) is -7.22. The van der Waals surface area contributed by atoms with Gasteiger partial charge in [0.2, 0.25) is 5.54 Å². The van der Waals surface area contributed by atoms with E-state index in [1.54, 1.807) is 20.8 Å². The van der Waals surface area contributed by atoms with Crippen LogP contribution in [0.1, 0.15) is 54.4 Å². The Bertz CT molecular complexity index is 591. The third-order valence-corrected chi connectivity index (χ3v) is 3.42. The first kappa shape index (κ1) is 24.8. The van der Waals surface area contributed by atoms with Gasteiger partial charge >= 0.3 is 23.9 Å². The van der Waals surface area contributed by atoms with Crippen molar-refractivity contribution >= 4 is 23.9 Å². The number of hydrogen-bond donors (Lipinski definition) is 4. The minimum Gasteiger partial charge on any atom is -0.480 e. The largest absolute Gasteiger partial charge is 0.480 e. The van der Waals surface area contributed by atoms with Crippen LogP contribution >= 0.6 is 0 Å². The molecule has 3 unspecified atom stereocenters. The van der Waals surface area contributed by atoms with Crippen LogP contribution in [0.15, 0.2) is 0 Å². The third kappa shape index (κ3) is 7.51. The van der Waals surface area contributed by atoms with Crippen LogP contribution in [0.4, 0.5) is 0 Å². The summed E-state index contributed by atoms with van der Waals surface area (Å²) in [5, 5.41) is 18.5. The smallest absolute Gasteiger partial charge is 0.339 e. The number of aliphatic carboxylic acids is 2. The average Bonchev–Trinajstić information content (AvgIpc) is 2.42. The molecule has 0 amide bonds. The lowest BCUT2D eigenvalue weighted by Gasteiger charge is -2.34. The maximum atomic E-state index is 12.6. The quantitative estimate of drug-likeness (QED) is 0.331. The van der Waals surface area contributed by atoms with Crippen molar-refractivity contribution in [2.45, 2.75) is 77.2 Å². The van der Waals surface area contributed by atoms with Crippen molar-refractivity contribution < 1.29 is 38.9 Å². The molecular weight excluding hydrogens is 360 g/mol. The molecule has 0 saturated carbocycles. The van der Waals surface area contributed by atoms with E-state index in [4.69, 9.17) is 26.0 Å². The van der Waals surface area contributed by atoms with Gasteiger partial charge in [0.05, 0.1) is 5.92 Å². The molecular formula is C17H30N2O8. The second-order valence-electron chi connectivity index (χ2n) is 8.28.